The molecule has 0 saturated carbocycles. The van der Waals surface area contributed by atoms with Gasteiger partial charge in [-0.2, -0.15) is 0 Å². The highest BCUT2D eigenvalue weighted by atomic mass is 79.9. The van der Waals surface area contributed by atoms with Crippen LogP contribution in [0.2, 0.25) is 0 Å². The van der Waals surface area contributed by atoms with Crippen LogP contribution < -0.4 is 5.32 Å². The van der Waals surface area contributed by atoms with Gasteiger partial charge in [0.15, 0.2) is 0 Å². The normalized spacial score (nSPS) is 17.9. The number of aromatic nitrogens is 2. The van der Waals surface area contributed by atoms with Crippen LogP contribution in [0.3, 0.4) is 0 Å². The highest BCUT2D eigenvalue weighted by molar-refractivity contribution is 9.10. The smallest absolute Gasteiger partial charge is 0.227 e. The van der Waals surface area contributed by atoms with Crippen LogP contribution in [0.4, 0.5) is 11.6 Å². The number of benzene rings is 2. The molecule has 2 aromatic carbocycles. The Labute approximate surface area is 222 Å². The van der Waals surface area contributed by atoms with E-state index in [0.717, 1.165) is 28.7 Å². The topological polar surface area (TPSA) is 58.1 Å². The molecular weight excluding hydrogens is 512 g/mol. The number of Topliss-reactive ketones (excluding diaryl/α,β-unsaturated/α-hetero) is 1. The Morgan fingerprint density at radius 2 is 1.92 bits per heavy atom. The van der Waals surface area contributed by atoms with E-state index >= 15 is 0 Å². The molecule has 0 spiro atoms. The minimum Gasteiger partial charge on any atom is -0.324 e. The number of carbonyl (C=O) groups is 1. The predicted octanol–water partition coefficient (Wildman–Crippen LogP) is 6.29. The summed E-state index contributed by atoms with van der Waals surface area (Å²) in [7, 11) is 2.20. The second-order valence-electron chi connectivity index (χ2n) is 10.9. The van der Waals surface area contributed by atoms with Gasteiger partial charge in [-0.25, -0.2) is 9.97 Å². The van der Waals surface area contributed by atoms with Crippen LogP contribution in [0, 0.1) is 6.92 Å². The number of fused-ring (bicyclic) bond motifs is 1. The molecule has 188 valence electrons. The van der Waals surface area contributed by atoms with E-state index in [2.05, 4.69) is 81.5 Å². The third-order valence-electron chi connectivity index (χ3n) is 8.04. The summed E-state index contributed by atoms with van der Waals surface area (Å²) in [6, 6.07) is 13.1. The lowest BCUT2D eigenvalue weighted by Gasteiger charge is -2.29. The maximum absolute atomic E-state index is 12.6. The first-order chi connectivity index (χ1) is 17.2. The second-order valence-corrected chi connectivity index (χ2v) is 11.8. The van der Waals surface area contributed by atoms with Gasteiger partial charge in [0.2, 0.25) is 5.95 Å². The molecule has 1 aromatic heterocycles. The van der Waals surface area contributed by atoms with Gasteiger partial charge in [0, 0.05) is 23.7 Å². The van der Waals surface area contributed by atoms with Crippen LogP contribution in [0.25, 0.3) is 0 Å². The van der Waals surface area contributed by atoms with Gasteiger partial charge in [-0.1, -0.05) is 30.3 Å². The lowest BCUT2D eigenvalue weighted by Crippen LogP contribution is -2.29. The van der Waals surface area contributed by atoms with Crippen LogP contribution in [0.1, 0.15) is 66.1 Å². The first-order valence-corrected chi connectivity index (χ1v) is 13.7. The summed E-state index contributed by atoms with van der Waals surface area (Å²) < 4.78 is 0.908. The minimum absolute atomic E-state index is 0.303. The van der Waals surface area contributed by atoms with E-state index in [4.69, 9.17) is 4.98 Å². The number of rotatable bonds is 6. The van der Waals surface area contributed by atoms with E-state index < -0.39 is 5.41 Å². The van der Waals surface area contributed by atoms with Crippen molar-refractivity contribution in [3.63, 3.8) is 0 Å². The summed E-state index contributed by atoms with van der Waals surface area (Å²) in [6.45, 7) is 8.58. The molecule has 1 aliphatic heterocycles. The summed E-state index contributed by atoms with van der Waals surface area (Å²) in [5.74, 6) is 1.55. The van der Waals surface area contributed by atoms with Crippen molar-refractivity contribution in [1.29, 1.82) is 0 Å². The number of halogens is 1. The van der Waals surface area contributed by atoms with Crippen LogP contribution in [0.15, 0.2) is 47.1 Å². The lowest BCUT2D eigenvalue weighted by molar-refractivity contribution is -0.121. The molecule has 5 rings (SSSR count). The van der Waals surface area contributed by atoms with E-state index in [-0.39, 0.29) is 0 Å². The van der Waals surface area contributed by atoms with Crippen molar-refractivity contribution in [3.8, 4) is 0 Å². The Morgan fingerprint density at radius 1 is 1.14 bits per heavy atom. The van der Waals surface area contributed by atoms with Crippen molar-refractivity contribution in [3.05, 3.63) is 80.6 Å². The third kappa shape index (κ3) is 4.98. The molecule has 0 amide bonds. The molecule has 1 N–H and O–H groups in total. The van der Waals surface area contributed by atoms with Crippen LogP contribution in [-0.2, 0) is 29.5 Å². The summed E-state index contributed by atoms with van der Waals surface area (Å²) in [5, 5.41) is 3.44. The van der Waals surface area contributed by atoms with Crippen molar-refractivity contribution >= 4 is 33.3 Å². The Morgan fingerprint density at radius 3 is 2.67 bits per heavy atom. The van der Waals surface area contributed by atoms with Gasteiger partial charge in [-0.15, -0.1) is 0 Å². The van der Waals surface area contributed by atoms with Crippen molar-refractivity contribution in [2.45, 2.75) is 64.2 Å². The van der Waals surface area contributed by atoms with E-state index in [1.807, 2.05) is 20.0 Å². The van der Waals surface area contributed by atoms with Gasteiger partial charge in [0.25, 0.3) is 0 Å². The number of ketones is 1. The Bertz CT molecular complexity index is 1290. The van der Waals surface area contributed by atoms with Crippen molar-refractivity contribution in [1.82, 2.24) is 14.9 Å². The van der Waals surface area contributed by atoms with E-state index in [1.54, 1.807) is 0 Å². The second kappa shape index (κ2) is 10.1. The molecule has 1 saturated heterocycles. The number of likely N-dealkylation sites (tertiary alicyclic amines) is 1. The number of carbonyl (C=O) groups excluding carboxylic acids is 1. The van der Waals surface area contributed by atoms with E-state index in [9.17, 15) is 4.79 Å². The number of nitrogens with one attached hydrogen (secondary N) is 1. The standard InChI is InChI=1S/C30H35BrN4O/c1-19-16-22(20-12-14-35(4)15-13-20)9-10-25(19)33-29-32-18-24(31)26(34-29)11-8-21-6-5-7-23-17-27(36)30(2,3)28(21)23/h5-7,9-10,16,18,20H,8,11-15,17H2,1-4H3,(H,32,33,34). The molecule has 0 unspecified atom stereocenters. The zero-order chi connectivity index (χ0) is 25.4. The number of anilines is 2. The van der Waals surface area contributed by atoms with Crippen LogP contribution >= 0.6 is 15.9 Å². The van der Waals surface area contributed by atoms with Crippen LogP contribution in [0.5, 0.6) is 0 Å². The number of nitrogens with zero attached hydrogens (tertiary/aromatic N) is 3. The molecule has 2 heterocycles. The zero-order valence-corrected chi connectivity index (χ0v) is 23.3. The molecule has 0 radical (unpaired) electrons. The van der Waals surface area contributed by atoms with Gasteiger partial charge < -0.3 is 10.2 Å². The van der Waals surface area contributed by atoms with Gasteiger partial charge in [0.1, 0.15) is 5.78 Å². The summed E-state index contributed by atoms with van der Waals surface area (Å²) in [6.07, 6.45) is 6.41. The molecule has 1 fully saturated rings. The maximum atomic E-state index is 12.6. The Hall–Kier alpha value is -2.57. The largest absolute Gasteiger partial charge is 0.324 e. The fraction of sp³-hybridized carbons (Fsp3) is 0.433. The molecule has 3 aromatic rings. The Balaban J connectivity index is 1.30. The molecule has 1 aliphatic carbocycles. The average Bonchev–Trinajstić information content (AvgIpc) is 3.09. The fourth-order valence-corrected chi connectivity index (χ4v) is 6.17. The first kappa shape index (κ1) is 25.1. The summed E-state index contributed by atoms with van der Waals surface area (Å²) in [5.41, 5.74) is 7.85. The van der Waals surface area contributed by atoms with E-state index in [0.29, 0.717) is 24.1 Å². The number of piperidine rings is 1. The van der Waals surface area contributed by atoms with Gasteiger partial charge in [-0.3, -0.25) is 4.79 Å². The van der Waals surface area contributed by atoms with Gasteiger partial charge in [-0.05, 0) is 122 Å². The first-order valence-electron chi connectivity index (χ1n) is 12.9. The average molecular weight is 548 g/mol. The van der Waals surface area contributed by atoms with Crippen molar-refractivity contribution in [2.75, 3.05) is 25.5 Å². The maximum Gasteiger partial charge on any atom is 0.227 e. The Kier molecular flexibility index (Phi) is 7.01. The van der Waals surface area contributed by atoms with Gasteiger partial charge in [0.05, 0.1) is 10.2 Å². The van der Waals surface area contributed by atoms with Gasteiger partial charge >= 0.3 is 0 Å². The highest BCUT2D eigenvalue weighted by Gasteiger charge is 2.39. The summed E-state index contributed by atoms with van der Waals surface area (Å²) in [4.78, 5) is 24.3. The number of hydrogen-bond donors (Lipinski definition) is 1. The molecule has 2 aliphatic rings. The molecule has 5 nitrogen and oxygen atoms in total. The molecule has 6 heteroatoms. The molecular formula is C30H35BrN4O. The van der Waals surface area contributed by atoms with E-state index in [1.165, 1.54) is 53.7 Å². The number of hydrogen-bond acceptors (Lipinski definition) is 5. The zero-order valence-electron chi connectivity index (χ0n) is 21.7. The SMILES string of the molecule is Cc1cc(C2CCN(C)CC2)ccc1Nc1ncc(Br)c(CCc2cccc3c2C(C)(C)C(=O)C3)n1. The highest BCUT2D eigenvalue weighted by Crippen LogP contribution is 2.38. The molecule has 0 atom stereocenters. The summed E-state index contributed by atoms with van der Waals surface area (Å²) >= 11 is 3.65. The fourth-order valence-electron chi connectivity index (χ4n) is 5.78. The minimum atomic E-state index is -0.418. The monoisotopic (exact) mass is 546 g/mol. The quantitative estimate of drug-likeness (QED) is 0.393. The number of aryl methyl sites for hydroxylation is 3. The third-order valence-corrected chi connectivity index (χ3v) is 8.71. The predicted molar refractivity (Wildman–Crippen MR) is 149 cm³/mol. The van der Waals surface area contributed by atoms with Crippen molar-refractivity contribution < 1.29 is 4.79 Å². The van der Waals surface area contributed by atoms with Crippen LogP contribution in [-0.4, -0.2) is 40.8 Å². The molecule has 36 heavy (non-hydrogen) atoms. The lowest BCUT2D eigenvalue weighted by atomic mass is 9.82. The molecule has 0 bridgehead atoms. The van der Waals surface area contributed by atoms with Crippen molar-refractivity contribution in [2.24, 2.45) is 0 Å².